The first-order chi connectivity index (χ1) is 16.4. The van der Waals surface area contributed by atoms with Crippen molar-refractivity contribution in [2.45, 2.75) is 24.8 Å². The van der Waals surface area contributed by atoms with Gasteiger partial charge in [0, 0.05) is 41.6 Å². The van der Waals surface area contributed by atoms with Crippen LogP contribution in [0.15, 0.2) is 60.7 Å². The number of piperidine rings is 1. The molecule has 0 saturated carbocycles. The van der Waals surface area contributed by atoms with Crippen LogP contribution < -0.4 is 15.9 Å². The van der Waals surface area contributed by atoms with E-state index in [2.05, 4.69) is 6.07 Å². The minimum Gasteiger partial charge on any atom is -0.492 e. The Morgan fingerprint density at radius 2 is 1.82 bits per heavy atom. The highest BCUT2D eigenvalue weighted by atomic mass is 19.1. The number of nitrogens with zero attached hydrogens (tertiary/aromatic N) is 1. The van der Waals surface area contributed by atoms with Crippen molar-refractivity contribution in [3.05, 3.63) is 83.2 Å². The number of carbonyl (C=O) groups excluding carboxylic acids is 1. The molecule has 0 aromatic heterocycles. The monoisotopic (exact) mass is 460 g/mol. The van der Waals surface area contributed by atoms with Crippen LogP contribution in [0.5, 0.6) is 5.75 Å². The number of likely N-dealkylation sites (tertiary alicyclic amines) is 1. The molecule has 2 aliphatic heterocycles. The van der Waals surface area contributed by atoms with E-state index in [1.165, 1.54) is 17.7 Å². The maximum atomic E-state index is 13.9. The van der Waals surface area contributed by atoms with Gasteiger partial charge in [-0.3, -0.25) is 4.79 Å². The maximum Gasteiger partial charge on any atom is 0.491 e. The Balaban J connectivity index is 1.34. The fourth-order valence-corrected chi connectivity index (χ4v) is 5.03. The van der Waals surface area contributed by atoms with Crippen molar-refractivity contribution in [2.75, 3.05) is 19.7 Å². The zero-order chi connectivity index (χ0) is 23.9. The lowest BCUT2D eigenvalue weighted by atomic mass is 9.74. The number of rotatable bonds is 4. The van der Waals surface area contributed by atoms with Gasteiger partial charge in [-0.25, -0.2) is 4.39 Å². The van der Waals surface area contributed by atoms with E-state index in [9.17, 15) is 19.2 Å². The van der Waals surface area contributed by atoms with Crippen LogP contribution in [0.3, 0.4) is 0 Å². The minimum absolute atomic E-state index is 0.0592. The summed E-state index contributed by atoms with van der Waals surface area (Å²) in [6.07, 6.45) is 1.63. The number of carbonyl (C=O) groups is 1. The molecule has 5 rings (SSSR count). The minimum atomic E-state index is -1.91. The van der Waals surface area contributed by atoms with Crippen molar-refractivity contribution < 1.29 is 24.0 Å². The van der Waals surface area contributed by atoms with E-state index in [0.717, 1.165) is 24.2 Å². The number of benzene rings is 3. The summed E-state index contributed by atoms with van der Waals surface area (Å²) in [4.78, 5) is 15.2. The molecule has 3 aromatic rings. The Morgan fingerprint density at radius 1 is 1.06 bits per heavy atom. The Bertz CT molecular complexity index is 1240. The summed E-state index contributed by atoms with van der Waals surface area (Å²) in [6, 6.07) is 17.4. The summed E-state index contributed by atoms with van der Waals surface area (Å²) in [7, 11) is -1.91. The van der Waals surface area contributed by atoms with E-state index in [-0.39, 0.29) is 16.8 Å². The lowest BCUT2D eigenvalue weighted by Crippen LogP contribution is -2.46. The predicted molar refractivity (Wildman–Crippen MR) is 128 cm³/mol. The van der Waals surface area contributed by atoms with Crippen LogP contribution in [-0.4, -0.2) is 47.7 Å². The molecule has 0 atom stereocenters. The molecule has 0 radical (unpaired) electrons. The molecule has 1 fully saturated rings. The van der Waals surface area contributed by atoms with Crippen molar-refractivity contribution >= 4 is 18.5 Å². The Morgan fingerprint density at radius 3 is 2.56 bits per heavy atom. The summed E-state index contributed by atoms with van der Waals surface area (Å²) < 4.78 is 19.8. The van der Waals surface area contributed by atoms with Gasteiger partial charge in [-0.2, -0.15) is 0 Å². The topological polar surface area (TPSA) is 96.0 Å². The predicted octanol–water partition coefficient (Wildman–Crippen LogP) is 2.20. The number of fused-ring (bicyclic) bond motifs is 2. The van der Waals surface area contributed by atoms with Gasteiger partial charge < -0.3 is 25.4 Å². The third-order valence-corrected chi connectivity index (χ3v) is 7.08. The Hall–Kier alpha value is -3.20. The van der Waals surface area contributed by atoms with Gasteiger partial charge in [0.15, 0.2) is 0 Å². The molecule has 2 heterocycles. The molecule has 4 N–H and O–H groups in total. The normalized spacial score (nSPS) is 16.3. The van der Waals surface area contributed by atoms with Crippen molar-refractivity contribution in [1.82, 2.24) is 4.90 Å². The van der Waals surface area contributed by atoms with Crippen molar-refractivity contribution in [1.29, 1.82) is 0 Å². The lowest BCUT2D eigenvalue weighted by molar-refractivity contribution is 0.0646. The average molecular weight is 460 g/mol. The van der Waals surface area contributed by atoms with Gasteiger partial charge in [0.2, 0.25) is 0 Å². The van der Waals surface area contributed by atoms with E-state index < -0.39 is 12.9 Å². The van der Waals surface area contributed by atoms with Crippen LogP contribution >= 0.6 is 0 Å². The van der Waals surface area contributed by atoms with E-state index in [0.29, 0.717) is 42.9 Å². The first-order valence-electron chi connectivity index (χ1n) is 11.4. The molecule has 1 spiro atoms. The summed E-state index contributed by atoms with van der Waals surface area (Å²) in [5.74, 6) is 0.164. The first kappa shape index (κ1) is 22.6. The molecule has 1 amide bonds. The van der Waals surface area contributed by atoms with Crippen LogP contribution in [0.1, 0.15) is 34.3 Å². The number of nitrogens with two attached hydrogens (primary N) is 1. The second kappa shape index (κ2) is 8.87. The number of ether oxygens (including phenoxy) is 1. The zero-order valence-electron chi connectivity index (χ0n) is 18.7. The second-order valence-corrected chi connectivity index (χ2v) is 9.09. The summed E-state index contributed by atoms with van der Waals surface area (Å²) >= 11 is 0. The quantitative estimate of drug-likeness (QED) is 0.519. The third kappa shape index (κ3) is 3.98. The smallest absolute Gasteiger partial charge is 0.491 e. The van der Waals surface area contributed by atoms with E-state index >= 15 is 0 Å². The van der Waals surface area contributed by atoms with Crippen LogP contribution in [0.4, 0.5) is 4.39 Å². The van der Waals surface area contributed by atoms with Crippen molar-refractivity contribution in [3.63, 3.8) is 0 Å². The van der Waals surface area contributed by atoms with Gasteiger partial charge in [0.25, 0.3) is 5.91 Å². The molecule has 6 nitrogen and oxygen atoms in total. The van der Waals surface area contributed by atoms with E-state index in [1.54, 1.807) is 24.3 Å². The maximum absolute atomic E-state index is 13.9. The average Bonchev–Trinajstić information content (AvgIpc) is 3.21. The summed E-state index contributed by atoms with van der Waals surface area (Å²) in [5, 5.41) is 18.8. The molecule has 3 aromatic carbocycles. The highest BCUT2D eigenvalue weighted by Gasteiger charge is 2.44. The number of amides is 1. The number of hydrogen-bond donors (Lipinski definition) is 3. The SMILES string of the molecule is NCc1ccc2c(c1)C1(CCN(C(=O)c3cccc(-c4ccc(F)c(B(O)O)c4)c3)CC1)CO2. The lowest BCUT2D eigenvalue weighted by Gasteiger charge is -2.38. The molecule has 0 aliphatic carbocycles. The molecule has 0 bridgehead atoms. The highest BCUT2D eigenvalue weighted by Crippen LogP contribution is 2.46. The molecule has 34 heavy (non-hydrogen) atoms. The highest BCUT2D eigenvalue weighted by molar-refractivity contribution is 6.58. The molecular weight excluding hydrogens is 434 g/mol. The van der Waals surface area contributed by atoms with E-state index in [1.807, 2.05) is 23.1 Å². The van der Waals surface area contributed by atoms with Gasteiger partial charge >= 0.3 is 7.12 Å². The molecule has 0 unspecified atom stereocenters. The first-order valence-corrected chi connectivity index (χ1v) is 11.4. The van der Waals surface area contributed by atoms with Gasteiger partial charge in [-0.15, -0.1) is 0 Å². The molecule has 174 valence electrons. The van der Waals surface area contributed by atoms with Crippen LogP contribution in [0, 0.1) is 5.82 Å². The summed E-state index contributed by atoms with van der Waals surface area (Å²) in [5.41, 5.74) is 9.67. The molecule has 8 heteroatoms. The molecule has 2 aliphatic rings. The third-order valence-electron chi connectivity index (χ3n) is 7.08. The van der Waals surface area contributed by atoms with Gasteiger partial charge in [-0.05, 0) is 53.8 Å². The fraction of sp³-hybridized carbons (Fsp3) is 0.269. The molecular formula is C26H26BFN2O4. The fourth-order valence-electron chi connectivity index (χ4n) is 5.03. The Labute approximate surface area is 197 Å². The van der Waals surface area contributed by atoms with E-state index in [4.69, 9.17) is 10.5 Å². The van der Waals surface area contributed by atoms with Gasteiger partial charge in [0.1, 0.15) is 11.6 Å². The molecule has 1 saturated heterocycles. The van der Waals surface area contributed by atoms with Crippen LogP contribution in [0.2, 0.25) is 0 Å². The standard InChI is InChI=1S/C26H26BFN2O4/c28-23-6-5-19(14-22(23)27(32)33)18-2-1-3-20(13-18)25(31)30-10-8-26(9-11-30)16-34-24-7-4-17(15-29)12-21(24)26/h1-7,12-14,32-33H,8-11,15-16,29H2. The number of hydrogen-bond acceptors (Lipinski definition) is 5. The van der Waals surface area contributed by atoms with Crippen molar-refractivity contribution in [2.24, 2.45) is 5.73 Å². The van der Waals surface area contributed by atoms with Gasteiger partial charge in [-0.1, -0.05) is 36.4 Å². The zero-order valence-corrected chi connectivity index (χ0v) is 18.7. The number of halogens is 1. The van der Waals surface area contributed by atoms with Crippen LogP contribution in [-0.2, 0) is 12.0 Å². The largest absolute Gasteiger partial charge is 0.492 e. The summed E-state index contributed by atoms with van der Waals surface area (Å²) in [6.45, 7) is 2.35. The second-order valence-electron chi connectivity index (χ2n) is 9.09. The van der Waals surface area contributed by atoms with Gasteiger partial charge in [0.05, 0.1) is 6.61 Å². The Kier molecular flexibility index (Phi) is 5.89. The van der Waals surface area contributed by atoms with Crippen LogP contribution in [0.25, 0.3) is 11.1 Å². The van der Waals surface area contributed by atoms with Crippen molar-refractivity contribution in [3.8, 4) is 16.9 Å².